The molecule has 6 nitrogen and oxygen atoms in total. The average molecular weight is 385 g/mol. The molecule has 27 heavy (non-hydrogen) atoms. The number of hydrogen-bond donors (Lipinski definition) is 0. The van der Waals surface area contributed by atoms with Gasteiger partial charge in [-0.1, -0.05) is 23.7 Å². The van der Waals surface area contributed by atoms with Crippen molar-refractivity contribution in [2.45, 2.75) is 18.9 Å². The fraction of sp³-hybridized carbons (Fsp3) is 0.350. The van der Waals surface area contributed by atoms with E-state index < -0.39 is 0 Å². The van der Waals surface area contributed by atoms with Crippen molar-refractivity contribution in [3.8, 4) is 0 Å². The minimum atomic E-state index is -0.0238. The number of benzene rings is 1. The van der Waals surface area contributed by atoms with Crippen LogP contribution in [0.4, 0.5) is 0 Å². The molecule has 1 unspecified atom stereocenters. The zero-order valence-corrected chi connectivity index (χ0v) is 15.9. The van der Waals surface area contributed by atoms with E-state index >= 15 is 0 Å². The van der Waals surface area contributed by atoms with Gasteiger partial charge in [0.05, 0.1) is 34.4 Å². The van der Waals surface area contributed by atoms with Crippen LogP contribution in [0.15, 0.2) is 42.7 Å². The topological polar surface area (TPSA) is 60.2 Å². The van der Waals surface area contributed by atoms with Crippen LogP contribution < -0.4 is 0 Å². The zero-order chi connectivity index (χ0) is 18.8. The predicted molar refractivity (Wildman–Crippen MR) is 104 cm³/mol. The summed E-state index contributed by atoms with van der Waals surface area (Å²) in [6.07, 6.45) is 4.46. The largest absolute Gasteiger partial charge is 0.383 e. The molecular formula is C20H21ClN4O2. The first kappa shape index (κ1) is 17.9. The molecule has 1 amide bonds. The van der Waals surface area contributed by atoms with Gasteiger partial charge in [0, 0.05) is 38.9 Å². The van der Waals surface area contributed by atoms with E-state index in [1.54, 1.807) is 25.4 Å². The van der Waals surface area contributed by atoms with E-state index in [1.807, 2.05) is 29.3 Å². The molecule has 7 heteroatoms. The van der Waals surface area contributed by atoms with Gasteiger partial charge in [-0.15, -0.1) is 0 Å². The second-order valence-electron chi connectivity index (χ2n) is 6.70. The highest BCUT2D eigenvalue weighted by Crippen LogP contribution is 2.31. The van der Waals surface area contributed by atoms with Crippen molar-refractivity contribution in [2.24, 2.45) is 0 Å². The van der Waals surface area contributed by atoms with Gasteiger partial charge in [-0.3, -0.25) is 9.78 Å². The minimum absolute atomic E-state index is 0.0238. The van der Waals surface area contributed by atoms with Crippen LogP contribution in [0, 0.1) is 0 Å². The first-order chi connectivity index (χ1) is 13.2. The number of rotatable bonds is 5. The molecule has 1 aliphatic heterocycles. The van der Waals surface area contributed by atoms with E-state index in [0.29, 0.717) is 36.8 Å². The van der Waals surface area contributed by atoms with Crippen molar-refractivity contribution in [1.29, 1.82) is 0 Å². The van der Waals surface area contributed by atoms with Crippen molar-refractivity contribution < 1.29 is 9.53 Å². The lowest BCUT2D eigenvalue weighted by molar-refractivity contribution is 0.0790. The molecule has 3 heterocycles. The number of carbonyl (C=O) groups excluding carboxylic acids is 1. The lowest BCUT2D eigenvalue weighted by Gasteiger charge is -2.18. The molecule has 0 spiro atoms. The van der Waals surface area contributed by atoms with Crippen LogP contribution in [0.5, 0.6) is 0 Å². The van der Waals surface area contributed by atoms with Crippen LogP contribution in [-0.4, -0.2) is 52.1 Å². The van der Waals surface area contributed by atoms with E-state index in [-0.39, 0.29) is 11.8 Å². The van der Waals surface area contributed by atoms with Crippen molar-refractivity contribution in [2.75, 3.05) is 26.8 Å². The molecule has 0 saturated carbocycles. The number of hydrogen-bond acceptors (Lipinski definition) is 4. The maximum atomic E-state index is 12.9. The van der Waals surface area contributed by atoms with Crippen LogP contribution in [-0.2, 0) is 11.3 Å². The summed E-state index contributed by atoms with van der Waals surface area (Å²) in [4.78, 5) is 23.8. The van der Waals surface area contributed by atoms with E-state index in [1.165, 1.54) is 0 Å². The van der Waals surface area contributed by atoms with Crippen molar-refractivity contribution >= 4 is 28.5 Å². The number of carbonyl (C=O) groups is 1. The third kappa shape index (κ3) is 3.42. The van der Waals surface area contributed by atoms with Gasteiger partial charge in [0.1, 0.15) is 5.82 Å². The smallest absolute Gasteiger partial charge is 0.255 e. The van der Waals surface area contributed by atoms with Gasteiger partial charge in [0.2, 0.25) is 0 Å². The van der Waals surface area contributed by atoms with Crippen LogP contribution in [0.1, 0.15) is 28.5 Å². The van der Waals surface area contributed by atoms with Crippen molar-refractivity contribution in [3.63, 3.8) is 0 Å². The standard InChI is InChI=1S/C20H21ClN4O2/c1-27-11-10-25-18-12-22-8-6-17(18)23-19(25)14-7-9-24(13-14)20(26)15-4-2-3-5-16(15)21/h2-6,8,12,14H,7,9-11,13H2,1H3. The SMILES string of the molecule is COCCn1c(C2CCN(C(=O)c3ccccc3Cl)C2)nc2ccncc21. The van der Waals surface area contributed by atoms with Crippen LogP contribution in [0.25, 0.3) is 11.0 Å². The van der Waals surface area contributed by atoms with Gasteiger partial charge in [-0.05, 0) is 24.6 Å². The average Bonchev–Trinajstić information content (AvgIpc) is 3.31. The molecule has 1 fully saturated rings. The number of nitrogens with zero attached hydrogens (tertiary/aromatic N) is 4. The summed E-state index contributed by atoms with van der Waals surface area (Å²) < 4.78 is 7.43. The first-order valence-corrected chi connectivity index (χ1v) is 9.39. The van der Waals surface area contributed by atoms with E-state index in [9.17, 15) is 4.79 Å². The van der Waals surface area contributed by atoms with Gasteiger partial charge in [0.15, 0.2) is 0 Å². The fourth-order valence-corrected chi connectivity index (χ4v) is 3.89. The molecule has 1 atom stereocenters. The third-order valence-electron chi connectivity index (χ3n) is 5.04. The van der Waals surface area contributed by atoms with E-state index in [2.05, 4.69) is 9.55 Å². The quantitative estimate of drug-likeness (QED) is 0.676. The second kappa shape index (κ2) is 7.66. The highest BCUT2D eigenvalue weighted by molar-refractivity contribution is 6.33. The molecule has 4 rings (SSSR count). The number of ether oxygens (including phenoxy) is 1. The van der Waals surface area contributed by atoms with Gasteiger partial charge < -0.3 is 14.2 Å². The molecular weight excluding hydrogens is 364 g/mol. The van der Waals surface area contributed by atoms with Gasteiger partial charge in [-0.2, -0.15) is 0 Å². The van der Waals surface area contributed by atoms with Crippen LogP contribution in [0.2, 0.25) is 5.02 Å². The lowest BCUT2D eigenvalue weighted by atomic mass is 10.1. The van der Waals surface area contributed by atoms with Crippen molar-refractivity contribution in [1.82, 2.24) is 19.4 Å². The Morgan fingerprint density at radius 2 is 2.19 bits per heavy atom. The minimum Gasteiger partial charge on any atom is -0.383 e. The molecule has 0 radical (unpaired) electrons. The lowest BCUT2D eigenvalue weighted by Crippen LogP contribution is -2.29. The number of methoxy groups -OCH3 is 1. The second-order valence-corrected chi connectivity index (χ2v) is 7.10. The Kier molecular flexibility index (Phi) is 5.09. The number of fused-ring (bicyclic) bond motifs is 1. The van der Waals surface area contributed by atoms with Gasteiger partial charge in [0.25, 0.3) is 5.91 Å². The summed E-state index contributed by atoms with van der Waals surface area (Å²) in [5, 5.41) is 0.490. The normalized spacial score (nSPS) is 17.0. The van der Waals surface area contributed by atoms with E-state index in [0.717, 1.165) is 23.3 Å². The molecule has 3 aromatic rings. The molecule has 1 aromatic carbocycles. The van der Waals surface area contributed by atoms with Gasteiger partial charge in [-0.25, -0.2) is 4.98 Å². The molecule has 140 valence electrons. The van der Waals surface area contributed by atoms with E-state index in [4.69, 9.17) is 21.3 Å². The molecule has 0 N–H and O–H groups in total. The summed E-state index contributed by atoms with van der Waals surface area (Å²) in [5.74, 6) is 1.15. The Bertz CT molecular complexity index is 972. The summed E-state index contributed by atoms with van der Waals surface area (Å²) >= 11 is 6.20. The molecule has 2 aromatic heterocycles. The number of pyridine rings is 1. The maximum absolute atomic E-state index is 12.9. The van der Waals surface area contributed by atoms with Gasteiger partial charge >= 0.3 is 0 Å². The molecule has 1 aliphatic rings. The monoisotopic (exact) mass is 384 g/mol. The summed E-state index contributed by atoms with van der Waals surface area (Å²) in [5.41, 5.74) is 2.48. The zero-order valence-electron chi connectivity index (χ0n) is 15.1. The Hall–Kier alpha value is -2.44. The van der Waals surface area contributed by atoms with Crippen molar-refractivity contribution in [3.05, 3.63) is 59.1 Å². The highest BCUT2D eigenvalue weighted by Gasteiger charge is 2.32. The number of imidazole rings is 1. The molecule has 1 saturated heterocycles. The molecule has 0 bridgehead atoms. The number of aromatic nitrogens is 3. The Balaban J connectivity index is 1.60. The maximum Gasteiger partial charge on any atom is 0.255 e. The summed E-state index contributed by atoms with van der Waals surface area (Å²) in [6, 6.07) is 9.11. The number of likely N-dealkylation sites (tertiary alicyclic amines) is 1. The number of amides is 1. The van der Waals surface area contributed by atoms with Crippen LogP contribution >= 0.6 is 11.6 Å². The molecule has 0 aliphatic carbocycles. The summed E-state index contributed by atoms with van der Waals surface area (Å²) in [7, 11) is 1.69. The first-order valence-electron chi connectivity index (χ1n) is 9.02. The van der Waals surface area contributed by atoms with Crippen LogP contribution in [0.3, 0.4) is 0 Å². The fourth-order valence-electron chi connectivity index (χ4n) is 3.68. The predicted octanol–water partition coefficient (Wildman–Crippen LogP) is 3.36. The number of halogens is 1. The highest BCUT2D eigenvalue weighted by atomic mass is 35.5. The Labute approximate surface area is 162 Å². The Morgan fingerprint density at radius 3 is 3.00 bits per heavy atom. The third-order valence-corrected chi connectivity index (χ3v) is 5.37. The Morgan fingerprint density at radius 1 is 1.33 bits per heavy atom. The summed E-state index contributed by atoms with van der Waals surface area (Å²) in [6.45, 7) is 2.64.